The molecule has 0 saturated heterocycles. The van der Waals surface area contributed by atoms with Crippen LogP contribution in [0.5, 0.6) is 5.75 Å². The van der Waals surface area contributed by atoms with Crippen molar-refractivity contribution in [2.24, 2.45) is 0 Å². The summed E-state index contributed by atoms with van der Waals surface area (Å²) in [5.74, 6) is -0.952. The molecule has 0 aliphatic rings. The van der Waals surface area contributed by atoms with Crippen LogP contribution in [0.2, 0.25) is 5.02 Å². The number of hydrogen-bond acceptors (Lipinski definition) is 6. The van der Waals surface area contributed by atoms with E-state index in [0.717, 1.165) is 13.2 Å². The van der Waals surface area contributed by atoms with E-state index in [0.29, 0.717) is 0 Å². The van der Waals surface area contributed by atoms with Gasteiger partial charge in [-0.1, -0.05) is 31.5 Å². The molecule has 0 aromatic heterocycles. The van der Waals surface area contributed by atoms with Crippen molar-refractivity contribution in [1.29, 1.82) is 0 Å². The Labute approximate surface area is 159 Å². The first-order chi connectivity index (χ1) is 12.8. The van der Waals surface area contributed by atoms with Gasteiger partial charge in [-0.2, -0.15) is 8.78 Å². The Hall–Kier alpha value is -2.94. The average Bonchev–Trinajstić information content (AvgIpc) is 2.62. The number of hydrogen-bond donors (Lipinski definition) is 1. The lowest BCUT2D eigenvalue weighted by Gasteiger charge is -2.11. The molecule has 146 valence electrons. The molecule has 7 nitrogen and oxygen atoms in total. The van der Waals surface area contributed by atoms with E-state index in [4.69, 9.17) is 11.6 Å². The van der Waals surface area contributed by atoms with Crippen LogP contribution in [0.25, 0.3) is 0 Å². The zero-order valence-corrected chi connectivity index (χ0v) is 15.4. The second kappa shape index (κ2) is 10.3. The number of rotatable bonds is 6. The monoisotopic (exact) mass is 402 g/mol. The summed E-state index contributed by atoms with van der Waals surface area (Å²) in [5.41, 5.74) is -0.388. The van der Waals surface area contributed by atoms with Gasteiger partial charge in [-0.05, 0) is 18.2 Å². The highest BCUT2D eigenvalue weighted by Gasteiger charge is 2.22. The predicted octanol–water partition coefficient (Wildman–Crippen LogP) is 5.41. The molecule has 0 heterocycles. The maximum absolute atomic E-state index is 12.3. The lowest BCUT2D eigenvalue weighted by Crippen LogP contribution is -2.06. The van der Waals surface area contributed by atoms with Gasteiger partial charge in [0.1, 0.15) is 11.4 Å². The van der Waals surface area contributed by atoms with Gasteiger partial charge in [0.2, 0.25) is 0 Å². The van der Waals surface area contributed by atoms with E-state index in [2.05, 4.69) is 14.8 Å². The summed E-state index contributed by atoms with van der Waals surface area (Å²) in [7, 11) is 1.12. The number of alkyl halides is 2. The number of anilines is 2. The average molecular weight is 403 g/mol. The van der Waals surface area contributed by atoms with E-state index in [1.807, 2.05) is 13.8 Å². The van der Waals surface area contributed by atoms with Crippen LogP contribution in [0.4, 0.5) is 25.8 Å². The molecule has 2 aromatic rings. The van der Waals surface area contributed by atoms with E-state index in [-0.39, 0.29) is 27.7 Å². The first kappa shape index (κ1) is 22.1. The third-order valence-electron chi connectivity index (χ3n) is 3.03. The fraction of sp³-hybridized carbons (Fsp3) is 0.235. The third-order valence-corrected chi connectivity index (χ3v) is 3.34. The van der Waals surface area contributed by atoms with Gasteiger partial charge in [-0.15, -0.1) is 0 Å². The lowest BCUT2D eigenvalue weighted by atomic mass is 10.1. The predicted molar refractivity (Wildman–Crippen MR) is 97.2 cm³/mol. The van der Waals surface area contributed by atoms with E-state index in [1.165, 1.54) is 30.3 Å². The summed E-state index contributed by atoms with van der Waals surface area (Å²) in [4.78, 5) is 22.1. The van der Waals surface area contributed by atoms with Crippen molar-refractivity contribution in [2.75, 3.05) is 12.4 Å². The van der Waals surface area contributed by atoms with Gasteiger partial charge in [-0.25, -0.2) is 4.79 Å². The Morgan fingerprint density at radius 3 is 2.48 bits per heavy atom. The second-order valence-electron chi connectivity index (χ2n) is 4.63. The molecule has 0 fully saturated rings. The van der Waals surface area contributed by atoms with E-state index in [1.54, 1.807) is 0 Å². The van der Waals surface area contributed by atoms with E-state index >= 15 is 0 Å². The van der Waals surface area contributed by atoms with Gasteiger partial charge in [-0.3, -0.25) is 10.1 Å². The molecule has 27 heavy (non-hydrogen) atoms. The normalized spacial score (nSPS) is 9.89. The number of benzene rings is 2. The lowest BCUT2D eigenvalue weighted by molar-refractivity contribution is -0.383. The molecule has 2 rings (SSSR count). The number of carbonyl (C=O) groups is 1. The quantitative estimate of drug-likeness (QED) is 0.395. The molecule has 10 heteroatoms. The SMILES string of the molecule is CC.COC(=O)c1cc([N+](=O)[O-])c(Nc2cccc(OC(F)F)c2)cc1Cl. The third kappa shape index (κ3) is 6.07. The number of nitrogens with one attached hydrogen (secondary N) is 1. The molecular weight excluding hydrogens is 386 g/mol. The molecule has 0 saturated carbocycles. The standard InChI is InChI=1S/C15H11ClF2N2O5.C2H6/c1-24-14(21)10-6-13(20(22)23)12(7-11(10)16)19-8-3-2-4-9(5-8)25-15(17)18;1-2/h2-7,15,19H,1H3;1-2H3. The van der Waals surface area contributed by atoms with Crippen LogP contribution in [0, 0.1) is 10.1 Å². The van der Waals surface area contributed by atoms with E-state index in [9.17, 15) is 23.7 Å². The number of methoxy groups -OCH3 is 1. The number of nitro benzene ring substituents is 1. The molecule has 0 atom stereocenters. The zero-order chi connectivity index (χ0) is 20.6. The van der Waals surface area contributed by atoms with Gasteiger partial charge in [0, 0.05) is 17.8 Å². The van der Waals surface area contributed by atoms with Gasteiger partial charge < -0.3 is 14.8 Å². The van der Waals surface area contributed by atoms with Crippen LogP contribution in [0.15, 0.2) is 36.4 Å². The fourth-order valence-corrected chi connectivity index (χ4v) is 2.23. The van der Waals surface area contributed by atoms with Crippen molar-refractivity contribution in [3.8, 4) is 5.75 Å². The largest absolute Gasteiger partial charge is 0.465 e. The summed E-state index contributed by atoms with van der Waals surface area (Å²) >= 11 is 5.96. The molecule has 1 N–H and O–H groups in total. The Kier molecular flexibility index (Phi) is 8.40. The minimum Gasteiger partial charge on any atom is -0.465 e. The highest BCUT2D eigenvalue weighted by atomic mass is 35.5. The summed E-state index contributed by atoms with van der Waals surface area (Å²) in [6.07, 6.45) is 0. The number of halogens is 3. The van der Waals surface area contributed by atoms with Crippen LogP contribution in [0.1, 0.15) is 24.2 Å². The second-order valence-corrected chi connectivity index (χ2v) is 5.04. The van der Waals surface area contributed by atoms with Gasteiger partial charge in [0.15, 0.2) is 0 Å². The molecule has 0 aliphatic carbocycles. The number of nitro groups is 1. The van der Waals surface area contributed by atoms with Crippen LogP contribution in [-0.4, -0.2) is 24.6 Å². The number of carbonyl (C=O) groups excluding carboxylic acids is 1. The molecule has 0 amide bonds. The zero-order valence-electron chi connectivity index (χ0n) is 14.7. The fourth-order valence-electron chi connectivity index (χ4n) is 1.98. The molecular formula is C17H17ClF2N2O5. The van der Waals surface area contributed by atoms with Crippen molar-refractivity contribution < 1.29 is 28.0 Å². The first-order valence-corrected chi connectivity index (χ1v) is 8.07. The maximum atomic E-state index is 12.3. The Morgan fingerprint density at radius 2 is 1.93 bits per heavy atom. The van der Waals surface area contributed by atoms with Crippen molar-refractivity contribution >= 4 is 34.6 Å². The first-order valence-electron chi connectivity index (χ1n) is 7.70. The smallest absolute Gasteiger partial charge is 0.387 e. The summed E-state index contributed by atoms with van der Waals surface area (Å²) in [6.45, 7) is 0.998. The van der Waals surface area contributed by atoms with Crippen LogP contribution in [0.3, 0.4) is 0 Å². The number of ether oxygens (including phenoxy) is 2. The minimum absolute atomic E-state index is 0.0307. The minimum atomic E-state index is -3.00. The highest BCUT2D eigenvalue weighted by molar-refractivity contribution is 6.34. The van der Waals surface area contributed by atoms with Crippen molar-refractivity contribution in [2.45, 2.75) is 20.5 Å². The maximum Gasteiger partial charge on any atom is 0.387 e. The van der Waals surface area contributed by atoms with Crippen LogP contribution >= 0.6 is 11.6 Å². The van der Waals surface area contributed by atoms with Crippen molar-refractivity contribution in [3.63, 3.8) is 0 Å². The molecule has 0 radical (unpaired) electrons. The van der Waals surface area contributed by atoms with Gasteiger partial charge in [0.25, 0.3) is 5.69 Å². The topological polar surface area (TPSA) is 90.7 Å². The number of nitrogens with zero attached hydrogens (tertiary/aromatic N) is 1. The van der Waals surface area contributed by atoms with Crippen molar-refractivity contribution in [1.82, 2.24) is 0 Å². The van der Waals surface area contributed by atoms with Crippen LogP contribution in [-0.2, 0) is 4.74 Å². The van der Waals surface area contributed by atoms with E-state index < -0.39 is 23.2 Å². The van der Waals surface area contributed by atoms with Crippen molar-refractivity contribution in [3.05, 3.63) is 57.1 Å². The molecule has 0 unspecified atom stereocenters. The summed E-state index contributed by atoms with van der Waals surface area (Å²) < 4.78 is 33.3. The van der Waals surface area contributed by atoms with Gasteiger partial charge in [0.05, 0.1) is 22.6 Å². The molecule has 0 bridgehead atoms. The Balaban J connectivity index is 0.00000176. The Morgan fingerprint density at radius 1 is 1.26 bits per heavy atom. The summed E-state index contributed by atoms with van der Waals surface area (Å²) in [5, 5.41) is 13.9. The summed E-state index contributed by atoms with van der Waals surface area (Å²) in [6, 6.07) is 7.60. The number of esters is 1. The Bertz CT molecular complexity index is 818. The van der Waals surface area contributed by atoms with Gasteiger partial charge >= 0.3 is 12.6 Å². The van der Waals surface area contributed by atoms with Crippen LogP contribution < -0.4 is 10.1 Å². The molecule has 0 spiro atoms. The molecule has 0 aliphatic heterocycles. The highest BCUT2D eigenvalue weighted by Crippen LogP contribution is 2.34. The molecule has 2 aromatic carbocycles.